The molecule has 0 aliphatic heterocycles. The Morgan fingerprint density at radius 2 is 2.05 bits per heavy atom. The van der Waals surface area contributed by atoms with Crippen molar-refractivity contribution in [2.75, 3.05) is 11.9 Å². The molecule has 1 N–H and O–H groups in total. The van der Waals surface area contributed by atoms with Crippen LogP contribution in [0.1, 0.15) is 64.4 Å². The van der Waals surface area contributed by atoms with Gasteiger partial charge >= 0.3 is 0 Å². The highest BCUT2D eigenvalue weighted by molar-refractivity contribution is 9.10. The fourth-order valence-corrected chi connectivity index (χ4v) is 3.42. The lowest BCUT2D eigenvalue weighted by atomic mass is 10.0. The van der Waals surface area contributed by atoms with E-state index in [1.165, 1.54) is 19.3 Å². The number of anilines is 1. The van der Waals surface area contributed by atoms with Crippen molar-refractivity contribution in [3.05, 3.63) is 16.0 Å². The third-order valence-corrected chi connectivity index (χ3v) is 4.78. The van der Waals surface area contributed by atoms with Gasteiger partial charge in [-0.2, -0.15) is 0 Å². The van der Waals surface area contributed by atoms with Gasteiger partial charge in [0.1, 0.15) is 11.6 Å². The lowest BCUT2D eigenvalue weighted by molar-refractivity contribution is 0.578. The second-order valence-corrected chi connectivity index (χ2v) is 7.23. The summed E-state index contributed by atoms with van der Waals surface area (Å²) in [4.78, 5) is 9.65. The highest BCUT2D eigenvalue weighted by Crippen LogP contribution is 2.38. The van der Waals surface area contributed by atoms with Gasteiger partial charge in [0.05, 0.1) is 10.2 Å². The molecule has 2 atom stereocenters. The average Bonchev–Trinajstić information content (AvgIpc) is 2.80. The molecular weight excluding hydrogens is 314 g/mol. The van der Waals surface area contributed by atoms with Gasteiger partial charge in [-0.05, 0) is 60.4 Å². The lowest BCUT2D eigenvalue weighted by Gasteiger charge is -2.16. The van der Waals surface area contributed by atoms with Crippen LogP contribution in [0.15, 0.2) is 4.47 Å². The van der Waals surface area contributed by atoms with Gasteiger partial charge in [0.25, 0.3) is 0 Å². The molecule has 3 nitrogen and oxygen atoms in total. The molecule has 0 saturated heterocycles. The van der Waals surface area contributed by atoms with E-state index in [9.17, 15) is 0 Å². The van der Waals surface area contributed by atoms with E-state index in [0.29, 0.717) is 11.8 Å². The molecule has 1 heterocycles. The van der Waals surface area contributed by atoms with Gasteiger partial charge in [-0.3, -0.25) is 0 Å². The number of aromatic nitrogens is 2. The predicted octanol–water partition coefficient (Wildman–Crippen LogP) is 4.77. The predicted molar refractivity (Wildman–Crippen MR) is 88.2 cm³/mol. The minimum Gasteiger partial charge on any atom is -0.369 e. The van der Waals surface area contributed by atoms with Crippen molar-refractivity contribution >= 4 is 21.7 Å². The van der Waals surface area contributed by atoms with Crippen LogP contribution in [0.4, 0.5) is 5.82 Å². The Hall–Kier alpha value is -0.640. The molecule has 2 rings (SSSR count). The normalized spacial score (nSPS) is 22.5. The minimum atomic E-state index is 0.543. The van der Waals surface area contributed by atoms with Gasteiger partial charge in [-0.1, -0.05) is 20.8 Å². The molecule has 112 valence electrons. The molecule has 0 bridgehead atoms. The highest BCUT2D eigenvalue weighted by atomic mass is 79.9. The van der Waals surface area contributed by atoms with E-state index in [-0.39, 0.29) is 0 Å². The maximum atomic E-state index is 4.87. The summed E-state index contributed by atoms with van der Waals surface area (Å²) in [7, 11) is 0. The molecule has 0 aromatic carbocycles. The van der Waals surface area contributed by atoms with Crippen LogP contribution in [-0.4, -0.2) is 16.5 Å². The monoisotopic (exact) mass is 339 g/mol. The molecule has 1 aliphatic carbocycles. The molecule has 1 aromatic rings. The Bertz CT molecular complexity index is 459. The van der Waals surface area contributed by atoms with E-state index >= 15 is 0 Å². The Kier molecular flexibility index (Phi) is 5.42. The second kappa shape index (κ2) is 6.88. The van der Waals surface area contributed by atoms with Crippen molar-refractivity contribution < 1.29 is 0 Å². The molecule has 0 radical (unpaired) electrons. The SMILES string of the molecule is CCNc1nc(C2CCC(C)C2)nc(CC(C)C)c1Br. The van der Waals surface area contributed by atoms with E-state index in [4.69, 9.17) is 9.97 Å². The molecule has 2 unspecified atom stereocenters. The number of hydrogen-bond acceptors (Lipinski definition) is 3. The zero-order chi connectivity index (χ0) is 14.7. The Balaban J connectivity index is 2.33. The number of nitrogens with one attached hydrogen (secondary N) is 1. The Morgan fingerprint density at radius 1 is 1.30 bits per heavy atom. The van der Waals surface area contributed by atoms with Crippen molar-refractivity contribution in [1.29, 1.82) is 0 Å². The zero-order valence-electron chi connectivity index (χ0n) is 13.0. The van der Waals surface area contributed by atoms with E-state index < -0.39 is 0 Å². The summed E-state index contributed by atoms with van der Waals surface area (Å²) in [6.45, 7) is 9.79. The Morgan fingerprint density at radius 3 is 2.60 bits per heavy atom. The molecule has 1 aliphatic rings. The number of nitrogens with zero attached hydrogens (tertiary/aromatic N) is 2. The first-order valence-electron chi connectivity index (χ1n) is 7.81. The van der Waals surface area contributed by atoms with Gasteiger partial charge < -0.3 is 5.32 Å². The summed E-state index contributed by atoms with van der Waals surface area (Å²) in [6.07, 6.45) is 4.76. The molecule has 0 spiro atoms. The molecule has 1 saturated carbocycles. The van der Waals surface area contributed by atoms with Crippen LogP contribution >= 0.6 is 15.9 Å². The van der Waals surface area contributed by atoms with Crippen LogP contribution in [0.2, 0.25) is 0 Å². The average molecular weight is 340 g/mol. The van der Waals surface area contributed by atoms with Crippen molar-refractivity contribution in [2.24, 2.45) is 11.8 Å². The second-order valence-electron chi connectivity index (χ2n) is 6.43. The number of hydrogen-bond donors (Lipinski definition) is 1. The first kappa shape index (κ1) is 15.7. The van der Waals surface area contributed by atoms with Crippen LogP contribution in [0, 0.1) is 11.8 Å². The standard InChI is InChI=1S/C16H26BrN3/c1-5-18-16-14(17)13(8-10(2)3)19-15(20-16)12-7-6-11(4)9-12/h10-12H,5-9H2,1-4H3,(H,18,19,20). The van der Waals surface area contributed by atoms with Crippen molar-refractivity contribution in [3.8, 4) is 0 Å². The fraction of sp³-hybridized carbons (Fsp3) is 0.750. The quantitative estimate of drug-likeness (QED) is 0.839. The van der Waals surface area contributed by atoms with Crippen LogP contribution < -0.4 is 5.32 Å². The van der Waals surface area contributed by atoms with Crippen LogP contribution in [0.3, 0.4) is 0 Å². The van der Waals surface area contributed by atoms with Gasteiger partial charge in [0.2, 0.25) is 0 Å². The summed E-state index contributed by atoms with van der Waals surface area (Å²) in [6, 6.07) is 0. The van der Waals surface area contributed by atoms with Crippen LogP contribution in [-0.2, 0) is 6.42 Å². The lowest BCUT2D eigenvalue weighted by Crippen LogP contribution is -2.11. The number of halogens is 1. The molecule has 1 aromatic heterocycles. The first-order valence-corrected chi connectivity index (χ1v) is 8.60. The minimum absolute atomic E-state index is 0.543. The van der Waals surface area contributed by atoms with E-state index in [2.05, 4.69) is 48.9 Å². The smallest absolute Gasteiger partial charge is 0.144 e. The maximum Gasteiger partial charge on any atom is 0.144 e. The van der Waals surface area contributed by atoms with Gasteiger partial charge in [-0.15, -0.1) is 0 Å². The topological polar surface area (TPSA) is 37.8 Å². The van der Waals surface area contributed by atoms with Crippen molar-refractivity contribution in [1.82, 2.24) is 9.97 Å². The summed E-state index contributed by atoms with van der Waals surface area (Å²) in [5.41, 5.74) is 1.15. The molecular formula is C16H26BrN3. The third-order valence-electron chi connectivity index (χ3n) is 3.94. The summed E-state index contributed by atoms with van der Waals surface area (Å²) in [5, 5.41) is 3.37. The van der Waals surface area contributed by atoms with E-state index in [0.717, 1.165) is 40.7 Å². The zero-order valence-corrected chi connectivity index (χ0v) is 14.6. The maximum absolute atomic E-state index is 4.87. The summed E-state index contributed by atoms with van der Waals surface area (Å²) in [5.74, 6) is 3.97. The molecule has 4 heteroatoms. The molecule has 0 amide bonds. The molecule has 1 fully saturated rings. The van der Waals surface area contributed by atoms with E-state index in [1.807, 2.05) is 0 Å². The van der Waals surface area contributed by atoms with Crippen molar-refractivity contribution in [2.45, 2.75) is 59.3 Å². The van der Waals surface area contributed by atoms with Crippen molar-refractivity contribution in [3.63, 3.8) is 0 Å². The van der Waals surface area contributed by atoms with Crippen LogP contribution in [0.5, 0.6) is 0 Å². The van der Waals surface area contributed by atoms with Crippen LogP contribution in [0.25, 0.3) is 0 Å². The van der Waals surface area contributed by atoms with Gasteiger partial charge in [-0.25, -0.2) is 9.97 Å². The number of rotatable bonds is 5. The fourth-order valence-electron chi connectivity index (χ4n) is 2.94. The van der Waals surface area contributed by atoms with Gasteiger partial charge in [0.15, 0.2) is 0 Å². The molecule has 20 heavy (non-hydrogen) atoms. The summed E-state index contributed by atoms with van der Waals surface area (Å²) >= 11 is 3.68. The highest BCUT2D eigenvalue weighted by Gasteiger charge is 2.26. The third kappa shape index (κ3) is 3.72. The van der Waals surface area contributed by atoms with E-state index in [1.54, 1.807) is 0 Å². The summed E-state index contributed by atoms with van der Waals surface area (Å²) < 4.78 is 1.04. The first-order chi connectivity index (χ1) is 9.51. The Labute approximate surface area is 131 Å². The van der Waals surface area contributed by atoms with Gasteiger partial charge in [0, 0.05) is 12.5 Å². The largest absolute Gasteiger partial charge is 0.369 e.